The summed E-state index contributed by atoms with van der Waals surface area (Å²) in [5.41, 5.74) is 5.29. The Morgan fingerprint density at radius 2 is 1.81 bits per heavy atom. The maximum atomic E-state index is 11.5. The van der Waals surface area contributed by atoms with Crippen LogP contribution in [-0.4, -0.2) is 11.8 Å². The largest absolute Gasteiger partial charge is 0.273 e. The molecule has 0 spiro atoms. The van der Waals surface area contributed by atoms with Crippen LogP contribution in [0.5, 0.6) is 0 Å². The smallest absolute Gasteiger partial charge is 0.269 e. The van der Waals surface area contributed by atoms with Gasteiger partial charge in [-0.1, -0.05) is 32.0 Å². The van der Waals surface area contributed by atoms with Gasteiger partial charge in [-0.3, -0.25) is 20.4 Å². The Kier molecular flexibility index (Phi) is 4.51. The second-order valence-corrected chi connectivity index (χ2v) is 3.62. The molecule has 86 valence electrons. The molecule has 0 heterocycles. The molecule has 16 heavy (non-hydrogen) atoms. The Labute approximate surface area is 95.0 Å². The average molecular weight is 220 g/mol. The van der Waals surface area contributed by atoms with E-state index in [1.54, 1.807) is 24.3 Å². The third kappa shape index (κ3) is 3.38. The lowest BCUT2D eigenvalue weighted by Gasteiger charge is -2.10. The molecule has 0 aliphatic rings. The van der Waals surface area contributed by atoms with Gasteiger partial charge in [-0.25, -0.2) is 0 Å². The van der Waals surface area contributed by atoms with Crippen LogP contribution in [0.1, 0.15) is 30.6 Å². The van der Waals surface area contributed by atoms with Crippen LogP contribution in [0.4, 0.5) is 0 Å². The van der Waals surface area contributed by atoms with Crippen molar-refractivity contribution in [3.05, 3.63) is 35.9 Å². The van der Waals surface area contributed by atoms with Gasteiger partial charge in [-0.2, -0.15) is 0 Å². The number of nitrogens with one attached hydrogen (secondary N) is 2. The molecule has 1 unspecified atom stereocenters. The number of hydrogen-bond donors (Lipinski definition) is 2. The number of carbonyl (C=O) groups is 2. The molecule has 1 aromatic rings. The highest BCUT2D eigenvalue weighted by Crippen LogP contribution is 1.99. The van der Waals surface area contributed by atoms with Crippen molar-refractivity contribution in [2.24, 2.45) is 5.92 Å². The van der Waals surface area contributed by atoms with E-state index in [4.69, 9.17) is 0 Å². The monoisotopic (exact) mass is 220 g/mol. The third-order valence-electron chi connectivity index (χ3n) is 2.40. The summed E-state index contributed by atoms with van der Waals surface area (Å²) in [5.74, 6) is -0.583. The Morgan fingerprint density at radius 3 is 2.38 bits per heavy atom. The number of hydrogen-bond acceptors (Lipinski definition) is 2. The van der Waals surface area contributed by atoms with Crippen molar-refractivity contribution in [1.82, 2.24) is 10.9 Å². The van der Waals surface area contributed by atoms with Crippen LogP contribution in [0.3, 0.4) is 0 Å². The van der Waals surface area contributed by atoms with Gasteiger partial charge in [0, 0.05) is 11.5 Å². The molecule has 4 heteroatoms. The number of hydrazine groups is 1. The maximum Gasteiger partial charge on any atom is 0.269 e. The Bertz CT molecular complexity index is 363. The Morgan fingerprint density at radius 1 is 1.19 bits per heavy atom. The topological polar surface area (TPSA) is 58.2 Å². The van der Waals surface area contributed by atoms with Crippen LogP contribution >= 0.6 is 0 Å². The molecule has 2 amide bonds. The first kappa shape index (κ1) is 12.2. The van der Waals surface area contributed by atoms with E-state index in [9.17, 15) is 9.59 Å². The van der Waals surface area contributed by atoms with Gasteiger partial charge in [0.2, 0.25) is 5.91 Å². The quantitative estimate of drug-likeness (QED) is 0.758. The molecule has 0 aromatic heterocycles. The van der Waals surface area contributed by atoms with E-state index in [1.807, 2.05) is 19.9 Å². The standard InChI is InChI=1S/C12H16N2O2/c1-3-9(2)11(15)13-14-12(16)10-7-5-4-6-8-10/h4-9H,3H2,1-2H3,(H,13,15)(H,14,16). The number of benzene rings is 1. The van der Waals surface area contributed by atoms with Gasteiger partial charge in [0.15, 0.2) is 0 Å². The summed E-state index contributed by atoms with van der Waals surface area (Å²) >= 11 is 0. The summed E-state index contributed by atoms with van der Waals surface area (Å²) in [6.45, 7) is 3.73. The molecule has 4 nitrogen and oxygen atoms in total. The molecular formula is C12H16N2O2. The third-order valence-corrected chi connectivity index (χ3v) is 2.40. The molecule has 1 atom stereocenters. The van der Waals surface area contributed by atoms with Crippen LogP contribution in [0.2, 0.25) is 0 Å². The molecule has 0 aliphatic carbocycles. The molecule has 0 bridgehead atoms. The van der Waals surface area contributed by atoms with Gasteiger partial charge < -0.3 is 0 Å². The van der Waals surface area contributed by atoms with Crippen molar-refractivity contribution < 1.29 is 9.59 Å². The van der Waals surface area contributed by atoms with E-state index in [-0.39, 0.29) is 17.7 Å². The molecule has 0 saturated carbocycles. The summed E-state index contributed by atoms with van der Waals surface area (Å²) in [6.07, 6.45) is 0.743. The molecule has 0 saturated heterocycles. The zero-order valence-electron chi connectivity index (χ0n) is 9.49. The second-order valence-electron chi connectivity index (χ2n) is 3.62. The van der Waals surface area contributed by atoms with E-state index in [0.717, 1.165) is 6.42 Å². The van der Waals surface area contributed by atoms with Crippen molar-refractivity contribution in [2.45, 2.75) is 20.3 Å². The van der Waals surface area contributed by atoms with Crippen molar-refractivity contribution in [3.63, 3.8) is 0 Å². The highest BCUT2D eigenvalue weighted by Gasteiger charge is 2.11. The van der Waals surface area contributed by atoms with Crippen LogP contribution in [-0.2, 0) is 4.79 Å². The van der Waals surface area contributed by atoms with E-state index in [1.165, 1.54) is 0 Å². The first-order valence-electron chi connectivity index (χ1n) is 5.30. The molecule has 1 rings (SSSR count). The Hall–Kier alpha value is -1.84. The molecule has 2 N–H and O–H groups in total. The lowest BCUT2D eigenvalue weighted by molar-refractivity contribution is -0.125. The summed E-state index contributed by atoms with van der Waals surface area (Å²) in [6, 6.07) is 8.74. The average Bonchev–Trinajstić information content (AvgIpc) is 2.35. The lowest BCUT2D eigenvalue weighted by atomic mass is 10.1. The van der Waals surface area contributed by atoms with Crippen LogP contribution in [0.25, 0.3) is 0 Å². The van der Waals surface area contributed by atoms with E-state index >= 15 is 0 Å². The van der Waals surface area contributed by atoms with Crippen molar-refractivity contribution in [2.75, 3.05) is 0 Å². The fourth-order valence-electron chi connectivity index (χ4n) is 1.09. The highest BCUT2D eigenvalue weighted by molar-refractivity contribution is 5.95. The first-order chi connectivity index (χ1) is 7.65. The van der Waals surface area contributed by atoms with Crippen molar-refractivity contribution >= 4 is 11.8 Å². The zero-order valence-corrected chi connectivity index (χ0v) is 9.49. The molecule has 0 aliphatic heterocycles. The van der Waals surface area contributed by atoms with E-state index in [2.05, 4.69) is 10.9 Å². The predicted octanol–water partition coefficient (Wildman–Crippen LogP) is 1.49. The normalized spacial score (nSPS) is 11.6. The molecule has 1 aromatic carbocycles. The van der Waals surface area contributed by atoms with Gasteiger partial charge in [-0.05, 0) is 18.6 Å². The lowest BCUT2D eigenvalue weighted by Crippen LogP contribution is -2.43. The maximum absolute atomic E-state index is 11.5. The summed E-state index contributed by atoms with van der Waals surface area (Å²) in [7, 11) is 0. The molecule has 0 fully saturated rings. The Balaban J connectivity index is 2.45. The minimum absolute atomic E-state index is 0.101. The van der Waals surface area contributed by atoms with Crippen molar-refractivity contribution in [3.8, 4) is 0 Å². The van der Waals surface area contributed by atoms with Crippen LogP contribution < -0.4 is 10.9 Å². The minimum Gasteiger partial charge on any atom is -0.273 e. The SMILES string of the molecule is CCC(C)C(=O)NNC(=O)c1ccccc1. The van der Waals surface area contributed by atoms with Gasteiger partial charge in [-0.15, -0.1) is 0 Å². The number of rotatable bonds is 3. The van der Waals surface area contributed by atoms with Crippen molar-refractivity contribution in [1.29, 1.82) is 0 Å². The van der Waals surface area contributed by atoms with Gasteiger partial charge in [0.25, 0.3) is 5.91 Å². The molecule has 0 radical (unpaired) electrons. The van der Waals surface area contributed by atoms with Gasteiger partial charge >= 0.3 is 0 Å². The van der Waals surface area contributed by atoms with Crippen LogP contribution in [0.15, 0.2) is 30.3 Å². The fourth-order valence-corrected chi connectivity index (χ4v) is 1.09. The van der Waals surface area contributed by atoms with Gasteiger partial charge in [0.05, 0.1) is 0 Å². The first-order valence-corrected chi connectivity index (χ1v) is 5.30. The summed E-state index contributed by atoms with van der Waals surface area (Å²) < 4.78 is 0. The minimum atomic E-state index is -0.308. The summed E-state index contributed by atoms with van der Waals surface area (Å²) in [4.78, 5) is 22.9. The predicted molar refractivity (Wildman–Crippen MR) is 61.5 cm³/mol. The number of carbonyl (C=O) groups excluding carboxylic acids is 2. The zero-order chi connectivity index (χ0) is 12.0. The highest BCUT2D eigenvalue weighted by atomic mass is 16.2. The summed E-state index contributed by atoms with van der Waals surface area (Å²) in [5, 5.41) is 0. The number of amides is 2. The van der Waals surface area contributed by atoms with Gasteiger partial charge in [0.1, 0.15) is 0 Å². The van der Waals surface area contributed by atoms with E-state index < -0.39 is 0 Å². The second kappa shape index (κ2) is 5.90. The fraction of sp³-hybridized carbons (Fsp3) is 0.333. The molecular weight excluding hydrogens is 204 g/mol. The van der Waals surface area contributed by atoms with E-state index in [0.29, 0.717) is 5.56 Å². The van der Waals surface area contributed by atoms with Crippen LogP contribution in [0, 0.1) is 5.92 Å².